The fourth-order valence-electron chi connectivity index (χ4n) is 3.90. The molecule has 1 unspecified atom stereocenters. The lowest BCUT2D eigenvalue weighted by Crippen LogP contribution is -2.48. The van der Waals surface area contributed by atoms with Gasteiger partial charge in [-0.15, -0.1) is 0 Å². The summed E-state index contributed by atoms with van der Waals surface area (Å²) in [6, 6.07) is 13.3. The third-order valence-electron chi connectivity index (χ3n) is 5.36. The fourth-order valence-corrected chi connectivity index (χ4v) is 5.34. The molecular formula is C20H26N4O2S. The van der Waals surface area contributed by atoms with Crippen molar-refractivity contribution in [1.82, 2.24) is 14.6 Å². The third kappa shape index (κ3) is 3.85. The minimum absolute atomic E-state index is 0.336. The van der Waals surface area contributed by atoms with Gasteiger partial charge in [0, 0.05) is 43.6 Å². The van der Waals surface area contributed by atoms with Gasteiger partial charge in [-0.05, 0) is 50.6 Å². The molecule has 0 amide bonds. The second-order valence-corrected chi connectivity index (χ2v) is 9.18. The first-order chi connectivity index (χ1) is 13.0. The predicted octanol–water partition coefficient (Wildman–Crippen LogP) is 2.33. The van der Waals surface area contributed by atoms with E-state index < -0.39 is 10.0 Å². The van der Waals surface area contributed by atoms with Gasteiger partial charge in [-0.3, -0.25) is 4.98 Å². The number of aromatic nitrogens is 1. The Morgan fingerprint density at radius 2 is 1.81 bits per heavy atom. The highest BCUT2D eigenvalue weighted by Crippen LogP contribution is 2.27. The molecule has 3 heterocycles. The second kappa shape index (κ2) is 7.58. The minimum Gasteiger partial charge on any atom is -0.369 e. The summed E-state index contributed by atoms with van der Waals surface area (Å²) in [6.07, 6.45) is 2.31. The number of sulfonamides is 1. The van der Waals surface area contributed by atoms with Crippen molar-refractivity contribution in [3.05, 3.63) is 53.9 Å². The maximum absolute atomic E-state index is 12.8. The molecule has 144 valence electrons. The van der Waals surface area contributed by atoms with Gasteiger partial charge in [-0.2, -0.15) is 4.31 Å². The number of nitrogens with one attached hydrogen (secondary N) is 1. The molecule has 6 nitrogen and oxygen atoms in total. The predicted molar refractivity (Wildman–Crippen MR) is 106 cm³/mol. The fraction of sp³-hybridized carbons (Fsp3) is 0.450. The van der Waals surface area contributed by atoms with Crippen LogP contribution in [0, 0.1) is 6.92 Å². The maximum Gasteiger partial charge on any atom is 0.243 e. The molecule has 1 N–H and O–H groups in total. The monoisotopic (exact) mass is 386 g/mol. The summed E-state index contributed by atoms with van der Waals surface area (Å²) in [6.45, 7) is 5.44. The molecule has 1 aromatic carbocycles. The largest absolute Gasteiger partial charge is 0.369 e. The van der Waals surface area contributed by atoms with E-state index in [1.807, 2.05) is 13.0 Å². The van der Waals surface area contributed by atoms with Crippen LogP contribution in [-0.4, -0.2) is 50.4 Å². The number of anilines is 1. The van der Waals surface area contributed by atoms with E-state index >= 15 is 0 Å². The van der Waals surface area contributed by atoms with E-state index in [0.29, 0.717) is 37.1 Å². The first-order valence-corrected chi connectivity index (χ1v) is 11.0. The van der Waals surface area contributed by atoms with Gasteiger partial charge < -0.3 is 10.2 Å². The van der Waals surface area contributed by atoms with Crippen molar-refractivity contribution in [2.45, 2.75) is 30.7 Å². The summed E-state index contributed by atoms with van der Waals surface area (Å²) in [5.74, 6) is 0. The van der Waals surface area contributed by atoms with Crippen LogP contribution in [0.25, 0.3) is 0 Å². The number of hydrogen-bond donors (Lipinski definition) is 1. The highest BCUT2D eigenvalue weighted by atomic mass is 32.2. The van der Waals surface area contributed by atoms with E-state index in [0.717, 1.165) is 30.0 Å². The van der Waals surface area contributed by atoms with Crippen molar-refractivity contribution in [3.63, 3.8) is 0 Å². The van der Waals surface area contributed by atoms with Crippen LogP contribution in [0.1, 0.15) is 30.3 Å². The first kappa shape index (κ1) is 18.4. The maximum atomic E-state index is 12.8. The van der Waals surface area contributed by atoms with E-state index in [1.54, 1.807) is 28.6 Å². The summed E-state index contributed by atoms with van der Waals surface area (Å²) in [5.41, 5.74) is 3.25. The van der Waals surface area contributed by atoms with Gasteiger partial charge in [-0.1, -0.05) is 18.2 Å². The van der Waals surface area contributed by atoms with Gasteiger partial charge in [-0.25, -0.2) is 8.42 Å². The molecule has 2 aromatic rings. The zero-order chi connectivity index (χ0) is 18.9. The molecule has 2 aliphatic rings. The summed E-state index contributed by atoms with van der Waals surface area (Å²) >= 11 is 0. The van der Waals surface area contributed by atoms with Crippen LogP contribution in [0.15, 0.2) is 47.4 Å². The van der Waals surface area contributed by atoms with Gasteiger partial charge in [0.15, 0.2) is 0 Å². The first-order valence-electron chi connectivity index (χ1n) is 9.56. The molecule has 2 saturated heterocycles. The third-order valence-corrected chi connectivity index (χ3v) is 7.27. The molecule has 0 saturated carbocycles. The lowest BCUT2D eigenvalue weighted by atomic mass is 10.1. The van der Waals surface area contributed by atoms with Crippen LogP contribution in [0.4, 0.5) is 5.69 Å². The van der Waals surface area contributed by atoms with E-state index in [4.69, 9.17) is 4.98 Å². The van der Waals surface area contributed by atoms with Crippen LogP contribution in [-0.2, 0) is 10.0 Å². The van der Waals surface area contributed by atoms with Crippen molar-refractivity contribution >= 4 is 15.7 Å². The van der Waals surface area contributed by atoms with E-state index in [1.165, 1.54) is 6.42 Å². The Morgan fingerprint density at radius 3 is 2.48 bits per heavy atom. The average molecular weight is 387 g/mol. The highest BCUT2D eigenvalue weighted by Gasteiger charge is 2.29. The van der Waals surface area contributed by atoms with Gasteiger partial charge in [0.25, 0.3) is 0 Å². The number of benzene rings is 1. The number of hydrogen-bond acceptors (Lipinski definition) is 5. The second-order valence-electron chi connectivity index (χ2n) is 7.24. The average Bonchev–Trinajstić information content (AvgIpc) is 3.23. The van der Waals surface area contributed by atoms with Crippen molar-refractivity contribution in [2.75, 3.05) is 37.6 Å². The lowest BCUT2D eigenvalue weighted by molar-refractivity contribution is 0.385. The zero-order valence-electron chi connectivity index (χ0n) is 15.6. The minimum atomic E-state index is -3.41. The number of piperazine rings is 1. The molecule has 0 aliphatic carbocycles. The quantitative estimate of drug-likeness (QED) is 0.874. The highest BCUT2D eigenvalue weighted by molar-refractivity contribution is 7.89. The normalized spacial score (nSPS) is 21.5. The number of pyridine rings is 1. The topological polar surface area (TPSA) is 65.5 Å². The molecule has 4 rings (SSSR count). The Hall–Kier alpha value is -1.96. The molecule has 2 fully saturated rings. The summed E-state index contributed by atoms with van der Waals surface area (Å²) < 4.78 is 27.2. The van der Waals surface area contributed by atoms with Crippen LogP contribution in [0.5, 0.6) is 0 Å². The summed E-state index contributed by atoms with van der Waals surface area (Å²) in [7, 11) is -3.41. The molecule has 0 spiro atoms. The van der Waals surface area contributed by atoms with Crippen LogP contribution >= 0.6 is 0 Å². The smallest absolute Gasteiger partial charge is 0.243 e. The Kier molecular flexibility index (Phi) is 5.16. The van der Waals surface area contributed by atoms with E-state index in [9.17, 15) is 8.42 Å². The number of aryl methyl sites for hydroxylation is 1. The zero-order valence-corrected chi connectivity index (χ0v) is 16.5. The van der Waals surface area contributed by atoms with Crippen molar-refractivity contribution in [1.29, 1.82) is 0 Å². The molecule has 0 radical (unpaired) electrons. The molecule has 0 bridgehead atoms. The van der Waals surface area contributed by atoms with Crippen LogP contribution in [0.2, 0.25) is 0 Å². The van der Waals surface area contributed by atoms with Crippen LogP contribution in [0.3, 0.4) is 0 Å². The SMILES string of the molecule is Cc1cc(N2CCN(S(=O)(=O)c3ccccc3)CC2)cc(C2CCCN2)n1. The number of nitrogens with zero attached hydrogens (tertiary/aromatic N) is 3. The molecule has 2 aliphatic heterocycles. The van der Waals surface area contributed by atoms with Crippen molar-refractivity contribution < 1.29 is 8.42 Å². The van der Waals surface area contributed by atoms with Gasteiger partial charge in [0.2, 0.25) is 10.0 Å². The Bertz CT molecular complexity index is 887. The standard InChI is InChI=1S/C20H26N4O2S/c1-16-14-17(15-20(22-16)19-8-5-9-21-19)23-10-12-24(13-11-23)27(25,26)18-6-3-2-4-7-18/h2-4,6-7,14-15,19,21H,5,8-13H2,1H3. The Balaban J connectivity index is 1.48. The van der Waals surface area contributed by atoms with E-state index in [2.05, 4.69) is 22.3 Å². The summed E-state index contributed by atoms with van der Waals surface area (Å²) in [5, 5.41) is 3.51. The van der Waals surface area contributed by atoms with Gasteiger partial charge >= 0.3 is 0 Å². The number of rotatable bonds is 4. The van der Waals surface area contributed by atoms with Crippen LogP contribution < -0.4 is 10.2 Å². The molecular weight excluding hydrogens is 360 g/mol. The molecule has 27 heavy (non-hydrogen) atoms. The molecule has 1 aromatic heterocycles. The summed E-state index contributed by atoms with van der Waals surface area (Å²) in [4.78, 5) is 7.35. The Labute approximate surface area is 161 Å². The van der Waals surface area contributed by atoms with Crippen molar-refractivity contribution in [3.8, 4) is 0 Å². The Morgan fingerprint density at radius 1 is 1.07 bits per heavy atom. The lowest BCUT2D eigenvalue weighted by Gasteiger charge is -2.35. The van der Waals surface area contributed by atoms with Gasteiger partial charge in [0.1, 0.15) is 0 Å². The van der Waals surface area contributed by atoms with E-state index in [-0.39, 0.29) is 0 Å². The van der Waals surface area contributed by atoms with Gasteiger partial charge in [0.05, 0.1) is 10.6 Å². The van der Waals surface area contributed by atoms with Crippen molar-refractivity contribution in [2.24, 2.45) is 0 Å². The molecule has 1 atom stereocenters. The molecule has 7 heteroatoms.